The number of carbonyl (C=O) groups is 1. The molecule has 1 amide bonds. The molecule has 0 aliphatic heterocycles. The molecule has 1 rings (SSSR count). The first-order chi connectivity index (χ1) is 8.56. The molecule has 0 saturated carbocycles. The Balaban J connectivity index is 2.59. The van der Waals surface area contributed by atoms with Crippen molar-refractivity contribution in [2.24, 2.45) is 5.84 Å². The van der Waals surface area contributed by atoms with Crippen LogP contribution in [-0.2, 0) is 11.3 Å². The van der Waals surface area contributed by atoms with Gasteiger partial charge in [0.1, 0.15) is 0 Å². The number of aromatic nitrogens is 1. The number of amides is 1. The highest BCUT2D eigenvalue weighted by Crippen LogP contribution is 2.18. The van der Waals surface area contributed by atoms with Crippen LogP contribution in [0.5, 0.6) is 0 Å². The lowest BCUT2D eigenvalue weighted by Gasteiger charge is -2.22. The Hall–Kier alpha value is -1.18. The van der Waals surface area contributed by atoms with Gasteiger partial charge in [-0.3, -0.25) is 15.1 Å². The van der Waals surface area contributed by atoms with Gasteiger partial charge in [-0.25, -0.2) is 10.8 Å². The van der Waals surface area contributed by atoms with Gasteiger partial charge in [0.05, 0.1) is 6.54 Å². The van der Waals surface area contributed by atoms with Crippen LogP contribution in [0.2, 0.25) is 0 Å². The number of hydrogen-bond acceptors (Lipinski definition) is 6. The van der Waals surface area contributed by atoms with Crippen molar-refractivity contribution in [3.05, 3.63) is 11.1 Å². The third kappa shape index (κ3) is 4.59. The molecule has 0 saturated heterocycles. The second-order valence-corrected chi connectivity index (χ2v) is 5.39. The molecule has 0 atom stereocenters. The minimum Gasteiger partial charge on any atom is -0.348 e. The summed E-state index contributed by atoms with van der Waals surface area (Å²) < 4.78 is 0. The Bertz CT molecular complexity index is 379. The molecule has 0 spiro atoms. The van der Waals surface area contributed by atoms with E-state index in [2.05, 4.69) is 22.2 Å². The van der Waals surface area contributed by atoms with Crippen molar-refractivity contribution in [2.45, 2.75) is 19.9 Å². The number of nitrogen functional groups attached to an aromatic ring is 1. The van der Waals surface area contributed by atoms with Gasteiger partial charge in [0, 0.05) is 31.7 Å². The van der Waals surface area contributed by atoms with Gasteiger partial charge >= 0.3 is 0 Å². The van der Waals surface area contributed by atoms with Gasteiger partial charge in [-0.05, 0) is 13.0 Å². The molecule has 0 aromatic carbocycles. The van der Waals surface area contributed by atoms with E-state index < -0.39 is 0 Å². The fourth-order valence-corrected chi connectivity index (χ4v) is 2.30. The van der Waals surface area contributed by atoms with E-state index in [1.165, 1.54) is 11.3 Å². The van der Waals surface area contributed by atoms with Crippen molar-refractivity contribution >= 4 is 22.4 Å². The van der Waals surface area contributed by atoms with E-state index in [0.717, 1.165) is 24.4 Å². The maximum Gasteiger partial charge on any atom is 0.236 e. The maximum absolute atomic E-state index is 11.7. The molecule has 18 heavy (non-hydrogen) atoms. The summed E-state index contributed by atoms with van der Waals surface area (Å²) in [6.07, 6.45) is 2.81. The van der Waals surface area contributed by atoms with Crippen LogP contribution in [0.4, 0.5) is 5.13 Å². The minimum atomic E-state index is 0.116. The Morgan fingerprint density at radius 3 is 2.78 bits per heavy atom. The molecular weight excluding hydrogens is 250 g/mol. The molecule has 0 aliphatic rings. The number of rotatable bonds is 7. The first kappa shape index (κ1) is 14.9. The molecule has 3 N–H and O–H groups in total. The molecule has 0 fully saturated rings. The van der Waals surface area contributed by atoms with Crippen LogP contribution >= 0.6 is 11.3 Å². The second kappa shape index (κ2) is 7.30. The number of carbonyl (C=O) groups excluding carboxylic acids is 1. The molecule has 1 heterocycles. The predicted octanol–water partition coefficient (Wildman–Crippen LogP) is 0.729. The lowest BCUT2D eigenvalue weighted by molar-refractivity contribution is -0.130. The number of nitrogens with one attached hydrogen (secondary N) is 1. The van der Waals surface area contributed by atoms with Crippen LogP contribution in [0.3, 0.4) is 0 Å². The van der Waals surface area contributed by atoms with Crippen LogP contribution in [0, 0.1) is 0 Å². The standard InChI is InChI=1S/C11H21N5OS/c1-4-5-16(8-10(17)15(2)3)7-9-6-13-11(14-12)18-9/h6H,4-5,7-8,12H2,1-3H3,(H,13,14). The van der Waals surface area contributed by atoms with Crippen LogP contribution in [0.25, 0.3) is 0 Å². The third-order valence-corrected chi connectivity index (χ3v) is 3.37. The molecule has 0 bridgehead atoms. The molecule has 102 valence electrons. The SMILES string of the molecule is CCCN(CC(=O)N(C)C)Cc1cnc(NN)s1. The number of anilines is 1. The lowest BCUT2D eigenvalue weighted by Crippen LogP contribution is -2.36. The van der Waals surface area contributed by atoms with E-state index in [4.69, 9.17) is 5.84 Å². The van der Waals surface area contributed by atoms with Crippen molar-refractivity contribution in [2.75, 3.05) is 32.6 Å². The summed E-state index contributed by atoms with van der Waals surface area (Å²) in [6, 6.07) is 0. The molecule has 0 radical (unpaired) electrons. The van der Waals surface area contributed by atoms with E-state index in [1.807, 2.05) is 0 Å². The zero-order valence-electron chi connectivity index (χ0n) is 11.1. The topological polar surface area (TPSA) is 74.5 Å². The van der Waals surface area contributed by atoms with Gasteiger partial charge in [0.15, 0.2) is 5.13 Å². The fraction of sp³-hybridized carbons (Fsp3) is 0.636. The van der Waals surface area contributed by atoms with Crippen LogP contribution in [0.1, 0.15) is 18.2 Å². The van der Waals surface area contributed by atoms with E-state index in [-0.39, 0.29) is 5.91 Å². The molecule has 1 aromatic heterocycles. The minimum absolute atomic E-state index is 0.116. The zero-order chi connectivity index (χ0) is 13.5. The van der Waals surface area contributed by atoms with Crippen molar-refractivity contribution in [1.29, 1.82) is 0 Å². The number of hydrogen-bond donors (Lipinski definition) is 2. The summed E-state index contributed by atoms with van der Waals surface area (Å²) in [5, 5.41) is 0.695. The number of nitrogens with two attached hydrogens (primary N) is 1. The Morgan fingerprint density at radius 1 is 1.56 bits per heavy atom. The summed E-state index contributed by atoms with van der Waals surface area (Å²) in [5.41, 5.74) is 2.53. The summed E-state index contributed by atoms with van der Waals surface area (Å²) in [7, 11) is 3.55. The monoisotopic (exact) mass is 271 g/mol. The van der Waals surface area contributed by atoms with E-state index in [1.54, 1.807) is 25.2 Å². The average Bonchev–Trinajstić information content (AvgIpc) is 2.76. The van der Waals surface area contributed by atoms with Gasteiger partial charge in [0.2, 0.25) is 5.91 Å². The average molecular weight is 271 g/mol. The number of nitrogens with zero attached hydrogens (tertiary/aromatic N) is 3. The number of likely N-dealkylation sites (N-methyl/N-ethyl adjacent to an activating group) is 1. The molecule has 0 unspecified atom stereocenters. The van der Waals surface area contributed by atoms with Crippen molar-refractivity contribution < 1.29 is 4.79 Å². The van der Waals surface area contributed by atoms with E-state index in [9.17, 15) is 4.79 Å². The molecule has 6 nitrogen and oxygen atoms in total. The summed E-state index contributed by atoms with van der Waals surface area (Å²) >= 11 is 1.51. The highest BCUT2D eigenvalue weighted by atomic mass is 32.1. The fourth-order valence-electron chi connectivity index (χ4n) is 1.53. The molecule has 0 aliphatic carbocycles. The van der Waals surface area contributed by atoms with E-state index >= 15 is 0 Å². The van der Waals surface area contributed by atoms with Crippen LogP contribution in [-0.4, -0.2) is 47.9 Å². The lowest BCUT2D eigenvalue weighted by atomic mass is 10.3. The molecule has 7 heteroatoms. The second-order valence-electron chi connectivity index (χ2n) is 4.27. The summed E-state index contributed by atoms with van der Waals surface area (Å²) in [5.74, 6) is 5.41. The molecular formula is C11H21N5OS. The van der Waals surface area contributed by atoms with Crippen LogP contribution in [0.15, 0.2) is 6.20 Å². The van der Waals surface area contributed by atoms with Crippen LogP contribution < -0.4 is 11.3 Å². The van der Waals surface area contributed by atoms with Gasteiger partial charge < -0.3 is 4.90 Å². The highest BCUT2D eigenvalue weighted by Gasteiger charge is 2.13. The smallest absolute Gasteiger partial charge is 0.236 e. The van der Waals surface area contributed by atoms with Gasteiger partial charge in [-0.1, -0.05) is 18.3 Å². The largest absolute Gasteiger partial charge is 0.348 e. The summed E-state index contributed by atoms with van der Waals surface area (Å²) in [6.45, 7) is 4.16. The van der Waals surface area contributed by atoms with Crippen molar-refractivity contribution in [3.8, 4) is 0 Å². The predicted molar refractivity (Wildman–Crippen MR) is 74.2 cm³/mol. The Morgan fingerprint density at radius 2 is 2.28 bits per heavy atom. The zero-order valence-corrected chi connectivity index (χ0v) is 12.0. The van der Waals surface area contributed by atoms with Gasteiger partial charge in [0.25, 0.3) is 0 Å². The number of thiazole rings is 1. The Labute approximate surface area is 112 Å². The van der Waals surface area contributed by atoms with Crippen molar-refractivity contribution in [3.63, 3.8) is 0 Å². The first-order valence-electron chi connectivity index (χ1n) is 5.90. The summed E-state index contributed by atoms with van der Waals surface area (Å²) in [4.78, 5) is 20.7. The molecule has 1 aromatic rings. The van der Waals surface area contributed by atoms with Gasteiger partial charge in [-0.15, -0.1) is 0 Å². The first-order valence-corrected chi connectivity index (χ1v) is 6.72. The third-order valence-electron chi connectivity index (χ3n) is 2.45. The van der Waals surface area contributed by atoms with E-state index in [0.29, 0.717) is 11.7 Å². The van der Waals surface area contributed by atoms with Gasteiger partial charge in [-0.2, -0.15) is 0 Å². The quantitative estimate of drug-likeness (QED) is 0.565. The number of hydrazine groups is 1. The normalized spacial score (nSPS) is 10.7. The maximum atomic E-state index is 11.7. The Kier molecular flexibility index (Phi) is 6.03. The highest BCUT2D eigenvalue weighted by molar-refractivity contribution is 7.15. The van der Waals surface area contributed by atoms with Crippen molar-refractivity contribution in [1.82, 2.24) is 14.8 Å².